The fourth-order valence-corrected chi connectivity index (χ4v) is 3.41. The van der Waals surface area contributed by atoms with Crippen molar-refractivity contribution in [3.8, 4) is 0 Å². The average molecular weight is 375 g/mol. The first kappa shape index (κ1) is 21.4. The number of piperidine rings is 1. The minimum Gasteiger partial charge on any atom is -0.462 e. The van der Waals surface area contributed by atoms with E-state index in [1.165, 1.54) is 19.3 Å². The third-order valence-corrected chi connectivity index (χ3v) is 5.08. The summed E-state index contributed by atoms with van der Waals surface area (Å²) in [5, 5.41) is 3.03. The predicted molar refractivity (Wildman–Crippen MR) is 109 cm³/mol. The van der Waals surface area contributed by atoms with Gasteiger partial charge in [-0.3, -0.25) is 9.69 Å². The topological polar surface area (TPSA) is 58.6 Å². The number of nitrogens with zero attached hydrogens (tertiary/aromatic N) is 1. The van der Waals surface area contributed by atoms with Crippen LogP contribution >= 0.6 is 0 Å². The van der Waals surface area contributed by atoms with Gasteiger partial charge >= 0.3 is 5.97 Å². The predicted octanol–water partition coefficient (Wildman–Crippen LogP) is 4.63. The first-order valence-corrected chi connectivity index (χ1v) is 10.5. The summed E-state index contributed by atoms with van der Waals surface area (Å²) in [6.07, 6.45) is 8.50. The van der Waals surface area contributed by atoms with Crippen LogP contribution in [0.5, 0.6) is 0 Å². The molecule has 0 bridgehead atoms. The van der Waals surface area contributed by atoms with Gasteiger partial charge in [0.25, 0.3) is 0 Å². The molecule has 0 saturated carbocycles. The summed E-state index contributed by atoms with van der Waals surface area (Å²) >= 11 is 0. The van der Waals surface area contributed by atoms with Crippen LogP contribution in [0.1, 0.15) is 75.6 Å². The SMILES string of the molecule is CCCCOC(=O)c1ccc(NC(=O)[C@@H](CCCC)N2CCCCC2)cc1. The Hall–Kier alpha value is -1.88. The number of anilines is 1. The van der Waals surface area contributed by atoms with Crippen molar-refractivity contribution in [3.05, 3.63) is 29.8 Å². The quantitative estimate of drug-likeness (QED) is 0.479. The lowest BCUT2D eigenvalue weighted by Gasteiger charge is -2.33. The van der Waals surface area contributed by atoms with Gasteiger partial charge < -0.3 is 10.1 Å². The van der Waals surface area contributed by atoms with Crippen molar-refractivity contribution in [1.82, 2.24) is 4.90 Å². The Morgan fingerprint density at radius 3 is 2.33 bits per heavy atom. The number of rotatable bonds is 10. The van der Waals surface area contributed by atoms with E-state index in [2.05, 4.69) is 24.1 Å². The minimum atomic E-state index is -0.310. The molecule has 0 radical (unpaired) electrons. The maximum Gasteiger partial charge on any atom is 0.338 e. The van der Waals surface area contributed by atoms with Crippen LogP contribution in [0, 0.1) is 0 Å². The van der Waals surface area contributed by atoms with E-state index in [9.17, 15) is 9.59 Å². The molecule has 0 unspecified atom stereocenters. The number of likely N-dealkylation sites (tertiary alicyclic amines) is 1. The summed E-state index contributed by atoms with van der Waals surface area (Å²) in [7, 11) is 0. The summed E-state index contributed by atoms with van der Waals surface area (Å²) < 4.78 is 5.22. The van der Waals surface area contributed by atoms with Gasteiger partial charge in [-0.05, 0) is 63.0 Å². The van der Waals surface area contributed by atoms with E-state index >= 15 is 0 Å². The second-order valence-electron chi connectivity index (χ2n) is 7.31. The summed E-state index contributed by atoms with van der Waals surface area (Å²) in [5.41, 5.74) is 1.24. The molecule has 2 rings (SSSR count). The zero-order valence-corrected chi connectivity index (χ0v) is 16.8. The molecule has 150 valence electrons. The molecule has 0 aromatic heterocycles. The first-order valence-electron chi connectivity index (χ1n) is 10.5. The van der Waals surface area contributed by atoms with Crippen molar-refractivity contribution in [1.29, 1.82) is 0 Å². The molecule has 1 aliphatic rings. The van der Waals surface area contributed by atoms with E-state index in [1.807, 2.05) is 0 Å². The number of amides is 1. The largest absolute Gasteiger partial charge is 0.462 e. The van der Waals surface area contributed by atoms with E-state index < -0.39 is 0 Å². The number of hydrogen-bond donors (Lipinski definition) is 1. The van der Waals surface area contributed by atoms with Crippen molar-refractivity contribution >= 4 is 17.6 Å². The highest BCUT2D eigenvalue weighted by Crippen LogP contribution is 2.19. The highest BCUT2D eigenvalue weighted by Gasteiger charge is 2.26. The summed E-state index contributed by atoms with van der Waals surface area (Å²) in [5.74, 6) is -0.251. The van der Waals surface area contributed by atoms with Crippen molar-refractivity contribution in [2.75, 3.05) is 25.0 Å². The highest BCUT2D eigenvalue weighted by molar-refractivity contribution is 5.95. The second-order valence-corrected chi connectivity index (χ2v) is 7.31. The van der Waals surface area contributed by atoms with Gasteiger partial charge in [0.05, 0.1) is 18.2 Å². The molecule has 27 heavy (non-hydrogen) atoms. The average Bonchev–Trinajstić information content (AvgIpc) is 2.70. The monoisotopic (exact) mass is 374 g/mol. The van der Waals surface area contributed by atoms with Gasteiger partial charge in [-0.15, -0.1) is 0 Å². The normalized spacial score (nSPS) is 15.9. The first-order chi connectivity index (χ1) is 13.2. The van der Waals surface area contributed by atoms with Crippen LogP contribution in [0.15, 0.2) is 24.3 Å². The summed E-state index contributed by atoms with van der Waals surface area (Å²) in [4.78, 5) is 27.2. The fraction of sp³-hybridized carbons (Fsp3) is 0.636. The third-order valence-electron chi connectivity index (χ3n) is 5.08. The molecule has 1 fully saturated rings. The number of ether oxygens (including phenoxy) is 1. The Morgan fingerprint density at radius 2 is 1.70 bits per heavy atom. The zero-order chi connectivity index (χ0) is 19.5. The van der Waals surface area contributed by atoms with Gasteiger partial charge in [0.2, 0.25) is 5.91 Å². The molecule has 5 nitrogen and oxygen atoms in total. The highest BCUT2D eigenvalue weighted by atomic mass is 16.5. The van der Waals surface area contributed by atoms with Gasteiger partial charge in [-0.1, -0.05) is 39.5 Å². The van der Waals surface area contributed by atoms with Crippen LogP contribution in [0.4, 0.5) is 5.69 Å². The number of nitrogens with one attached hydrogen (secondary N) is 1. The summed E-state index contributed by atoms with van der Waals surface area (Å²) in [6.45, 7) is 6.67. The Bertz CT molecular complexity index is 580. The molecule has 1 aromatic rings. The van der Waals surface area contributed by atoms with Gasteiger partial charge in [0, 0.05) is 5.69 Å². The maximum absolute atomic E-state index is 12.9. The smallest absolute Gasteiger partial charge is 0.338 e. The molecule has 1 atom stereocenters. The molecule has 1 N–H and O–H groups in total. The van der Waals surface area contributed by atoms with E-state index in [1.54, 1.807) is 24.3 Å². The second kappa shape index (κ2) is 11.8. The van der Waals surface area contributed by atoms with Crippen LogP contribution < -0.4 is 5.32 Å². The Morgan fingerprint density at radius 1 is 1.04 bits per heavy atom. The third kappa shape index (κ3) is 6.98. The van der Waals surface area contributed by atoms with Crippen LogP contribution in [-0.2, 0) is 9.53 Å². The number of benzene rings is 1. The lowest BCUT2D eigenvalue weighted by Crippen LogP contribution is -2.46. The Kier molecular flexibility index (Phi) is 9.32. The molecule has 1 aromatic carbocycles. The molecule has 1 heterocycles. The molecule has 1 amide bonds. The number of esters is 1. The number of carbonyl (C=O) groups is 2. The number of hydrogen-bond acceptors (Lipinski definition) is 4. The van der Waals surface area contributed by atoms with Crippen LogP contribution in [0.3, 0.4) is 0 Å². The fourth-order valence-electron chi connectivity index (χ4n) is 3.41. The molecule has 0 spiro atoms. The van der Waals surface area contributed by atoms with Crippen molar-refractivity contribution < 1.29 is 14.3 Å². The standard InChI is InChI=1S/C22H34N2O3/c1-3-5-10-20(24-15-8-7-9-16-24)21(25)23-19-13-11-18(12-14-19)22(26)27-17-6-4-2/h11-14,20H,3-10,15-17H2,1-2H3,(H,23,25)/t20-/m1/s1. The molecular formula is C22H34N2O3. The number of unbranched alkanes of at least 4 members (excludes halogenated alkanes) is 2. The van der Waals surface area contributed by atoms with E-state index in [0.29, 0.717) is 12.2 Å². The Labute approximate surface area is 163 Å². The lowest BCUT2D eigenvalue weighted by molar-refractivity contribution is -0.122. The molecule has 1 aliphatic heterocycles. The van der Waals surface area contributed by atoms with E-state index in [4.69, 9.17) is 4.74 Å². The maximum atomic E-state index is 12.9. The summed E-state index contributed by atoms with van der Waals surface area (Å²) in [6, 6.07) is 6.92. The minimum absolute atomic E-state index is 0.0589. The lowest BCUT2D eigenvalue weighted by atomic mass is 10.0. The molecule has 1 saturated heterocycles. The van der Waals surface area contributed by atoms with Gasteiger partial charge in [0.1, 0.15) is 0 Å². The Balaban J connectivity index is 1.94. The van der Waals surface area contributed by atoms with Gasteiger partial charge in [-0.2, -0.15) is 0 Å². The van der Waals surface area contributed by atoms with Crippen molar-refractivity contribution in [2.24, 2.45) is 0 Å². The molecule has 0 aliphatic carbocycles. The van der Waals surface area contributed by atoms with Crippen LogP contribution in [-0.4, -0.2) is 42.5 Å². The van der Waals surface area contributed by atoms with Crippen molar-refractivity contribution in [3.63, 3.8) is 0 Å². The van der Waals surface area contributed by atoms with Gasteiger partial charge in [0.15, 0.2) is 0 Å². The number of carbonyl (C=O) groups excluding carboxylic acids is 2. The van der Waals surface area contributed by atoms with Crippen LogP contribution in [0.2, 0.25) is 0 Å². The zero-order valence-electron chi connectivity index (χ0n) is 16.8. The van der Waals surface area contributed by atoms with Gasteiger partial charge in [-0.25, -0.2) is 4.79 Å². The molecular weight excluding hydrogens is 340 g/mol. The van der Waals surface area contributed by atoms with E-state index in [0.717, 1.165) is 50.9 Å². The van der Waals surface area contributed by atoms with Crippen LogP contribution in [0.25, 0.3) is 0 Å². The molecule has 5 heteroatoms. The van der Waals surface area contributed by atoms with E-state index in [-0.39, 0.29) is 17.9 Å². The van der Waals surface area contributed by atoms with Crippen molar-refractivity contribution in [2.45, 2.75) is 71.3 Å².